The van der Waals surface area contributed by atoms with Crippen molar-refractivity contribution in [2.45, 2.75) is 20.3 Å². The largest absolute Gasteiger partial charge is 0.243 e. The maximum Gasteiger partial charge on any atom is 0.138 e. The number of hydrogen-bond donors (Lipinski definition) is 0. The summed E-state index contributed by atoms with van der Waals surface area (Å²) < 4.78 is 4.68. The van der Waals surface area contributed by atoms with Gasteiger partial charge in [-0.25, -0.2) is 4.63 Å². The summed E-state index contributed by atoms with van der Waals surface area (Å²) in [4.78, 5) is 0. The third kappa shape index (κ3) is 1.54. The first kappa shape index (κ1) is 8.23. The zero-order valence-electron chi connectivity index (χ0n) is 7.74. The maximum atomic E-state index is 4.68. The van der Waals surface area contributed by atoms with Crippen LogP contribution in [0.2, 0.25) is 0 Å². The first-order chi connectivity index (χ1) is 6.27. The van der Waals surface area contributed by atoms with E-state index in [0.29, 0.717) is 0 Å². The molecule has 2 rings (SSSR count). The molecular formula is C10H11N2O. The van der Waals surface area contributed by atoms with Gasteiger partial charge in [0.25, 0.3) is 0 Å². The summed E-state index contributed by atoms with van der Waals surface area (Å²) >= 11 is 0. The number of aromatic nitrogens is 2. The molecule has 1 aromatic heterocycles. The molecule has 0 atom stereocenters. The summed E-state index contributed by atoms with van der Waals surface area (Å²) in [7, 11) is 0. The Labute approximate surface area is 76.7 Å². The van der Waals surface area contributed by atoms with Gasteiger partial charge >= 0.3 is 0 Å². The van der Waals surface area contributed by atoms with Gasteiger partial charge in [-0.15, -0.1) is 0 Å². The minimum Gasteiger partial charge on any atom is -0.243 e. The van der Waals surface area contributed by atoms with E-state index < -0.39 is 0 Å². The molecule has 0 saturated heterocycles. The summed E-state index contributed by atoms with van der Waals surface area (Å²) in [6, 6.07) is 5.94. The van der Waals surface area contributed by atoms with Gasteiger partial charge in [-0.1, -0.05) is 26.0 Å². The molecule has 1 radical (unpaired) electrons. The van der Waals surface area contributed by atoms with Crippen molar-refractivity contribution in [3.63, 3.8) is 0 Å². The fraction of sp³-hybridized carbons (Fsp3) is 0.300. The lowest BCUT2D eigenvalue weighted by Crippen LogP contribution is -1.92. The molecule has 0 aliphatic carbocycles. The van der Waals surface area contributed by atoms with E-state index in [-0.39, 0.29) is 0 Å². The van der Waals surface area contributed by atoms with Crippen LogP contribution in [0, 0.1) is 5.92 Å². The van der Waals surface area contributed by atoms with Crippen molar-refractivity contribution in [1.82, 2.24) is 10.3 Å². The normalized spacial score (nSPS) is 11.3. The molecule has 1 heterocycles. The van der Waals surface area contributed by atoms with E-state index in [1.807, 2.05) is 12.1 Å². The highest BCUT2D eigenvalue weighted by atomic mass is 16.6. The number of fused-ring (bicyclic) bond motifs is 1. The van der Waals surface area contributed by atoms with Gasteiger partial charge in [0.1, 0.15) is 11.0 Å². The Hall–Kier alpha value is -1.38. The third-order valence-corrected chi connectivity index (χ3v) is 1.91. The van der Waals surface area contributed by atoms with Gasteiger partial charge in [0.2, 0.25) is 0 Å². The number of nitrogens with zero attached hydrogens (tertiary/aromatic N) is 2. The second-order valence-corrected chi connectivity index (χ2v) is 3.43. The predicted octanol–water partition coefficient (Wildman–Crippen LogP) is 2.38. The van der Waals surface area contributed by atoms with Crippen molar-refractivity contribution < 1.29 is 4.63 Å². The molecule has 0 bridgehead atoms. The van der Waals surface area contributed by atoms with Crippen molar-refractivity contribution in [2.75, 3.05) is 0 Å². The minimum atomic E-state index is 0.832. The first-order valence-corrected chi connectivity index (χ1v) is 4.26. The van der Waals surface area contributed by atoms with Crippen molar-refractivity contribution in [3.8, 4) is 0 Å². The molecule has 0 fully saturated rings. The van der Waals surface area contributed by atoms with Crippen LogP contribution in [0.1, 0.15) is 19.4 Å². The minimum absolute atomic E-state index is 0.832. The van der Waals surface area contributed by atoms with Crippen LogP contribution in [0.3, 0.4) is 0 Å². The molecule has 0 unspecified atom stereocenters. The van der Waals surface area contributed by atoms with Crippen LogP contribution in [0.4, 0.5) is 0 Å². The van der Waals surface area contributed by atoms with Crippen molar-refractivity contribution in [3.05, 3.63) is 29.7 Å². The second kappa shape index (κ2) is 3.17. The Morgan fingerprint density at radius 3 is 2.92 bits per heavy atom. The van der Waals surface area contributed by atoms with Gasteiger partial charge in [-0.05, 0) is 34.3 Å². The van der Waals surface area contributed by atoms with Crippen LogP contribution in [0.25, 0.3) is 11.0 Å². The molecule has 0 spiro atoms. The van der Waals surface area contributed by atoms with Gasteiger partial charge in [0.05, 0.1) is 0 Å². The van der Waals surface area contributed by atoms with E-state index in [9.17, 15) is 0 Å². The molecule has 2 aromatic rings. The van der Waals surface area contributed by atoms with E-state index in [0.717, 1.165) is 17.5 Å². The first-order valence-electron chi connectivity index (χ1n) is 4.26. The molecule has 0 aliphatic heterocycles. The topological polar surface area (TPSA) is 38.9 Å². The van der Waals surface area contributed by atoms with Crippen LogP contribution in [-0.4, -0.2) is 10.3 Å². The monoisotopic (exact) mass is 175 g/mol. The Bertz CT molecular complexity index is 406. The Kier molecular flexibility index (Phi) is 2.00. The van der Waals surface area contributed by atoms with E-state index in [1.165, 1.54) is 11.5 Å². The molecule has 3 heteroatoms. The predicted molar refractivity (Wildman–Crippen MR) is 50.1 cm³/mol. The fourth-order valence-electron chi connectivity index (χ4n) is 1.39. The lowest BCUT2D eigenvalue weighted by molar-refractivity contribution is 0.315. The lowest BCUT2D eigenvalue weighted by Gasteiger charge is -2.02. The van der Waals surface area contributed by atoms with E-state index in [4.69, 9.17) is 0 Å². The van der Waals surface area contributed by atoms with Crippen LogP contribution >= 0.6 is 0 Å². The third-order valence-electron chi connectivity index (χ3n) is 1.91. The second-order valence-electron chi connectivity index (χ2n) is 3.43. The summed E-state index contributed by atoms with van der Waals surface area (Å²) in [5.74, 6) is 1.36. The van der Waals surface area contributed by atoms with Gasteiger partial charge in [-0.2, -0.15) is 0 Å². The SMILES string of the molecule is C[C](C)Cc1cccc2nonc12. The summed E-state index contributed by atoms with van der Waals surface area (Å²) in [5.41, 5.74) is 2.89. The average molecular weight is 175 g/mol. The lowest BCUT2D eigenvalue weighted by atomic mass is 10.0. The summed E-state index contributed by atoms with van der Waals surface area (Å²) in [5, 5.41) is 7.66. The number of benzene rings is 1. The molecule has 67 valence electrons. The highest BCUT2D eigenvalue weighted by molar-refractivity contribution is 5.76. The molecular weight excluding hydrogens is 164 g/mol. The van der Waals surface area contributed by atoms with Crippen LogP contribution in [0.15, 0.2) is 22.8 Å². The van der Waals surface area contributed by atoms with Crippen molar-refractivity contribution in [2.24, 2.45) is 0 Å². The standard InChI is InChI=1S/C10H11N2O/c1-7(2)6-8-4-3-5-9-10(8)12-13-11-9/h3-5H,6H2,1-2H3. The highest BCUT2D eigenvalue weighted by Crippen LogP contribution is 2.18. The zero-order valence-corrected chi connectivity index (χ0v) is 7.74. The van der Waals surface area contributed by atoms with E-state index >= 15 is 0 Å². The maximum absolute atomic E-state index is 4.68. The van der Waals surface area contributed by atoms with Gasteiger partial charge in [0, 0.05) is 0 Å². The van der Waals surface area contributed by atoms with E-state index in [1.54, 1.807) is 0 Å². The van der Waals surface area contributed by atoms with Gasteiger partial charge < -0.3 is 0 Å². The highest BCUT2D eigenvalue weighted by Gasteiger charge is 2.07. The quantitative estimate of drug-likeness (QED) is 0.703. The van der Waals surface area contributed by atoms with Crippen molar-refractivity contribution in [1.29, 1.82) is 0 Å². The molecule has 0 saturated carbocycles. The molecule has 3 nitrogen and oxygen atoms in total. The Morgan fingerprint density at radius 1 is 1.31 bits per heavy atom. The number of hydrogen-bond acceptors (Lipinski definition) is 3. The summed E-state index contributed by atoms with van der Waals surface area (Å²) in [6.45, 7) is 4.21. The summed E-state index contributed by atoms with van der Waals surface area (Å²) in [6.07, 6.45) is 0.936. The fourth-order valence-corrected chi connectivity index (χ4v) is 1.39. The number of rotatable bonds is 2. The van der Waals surface area contributed by atoms with Crippen LogP contribution < -0.4 is 0 Å². The Morgan fingerprint density at radius 2 is 2.15 bits per heavy atom. The van der Waals surface area contributed by atoms with Crippen molar-refractivity contribution >= 4 is 11.0 Å². The van der Waals surface area contributed by atoms with E-state index in [2.05, 4.69) is 34.9 Å². The van der Waals surface area contributed by atoms with Crippen LogP contribution in [0.5, 0.6) is 0 Å². The smallest absolute Gasteiger partial charge is 0.138 e. The molecule has 0 aliphatic rings. The molecule has 0 amide bonds. The van der Waals surface area contributed by atoms with Crippen LogP contribution in [-0.2, 0) is 6.42 Å². The average Bonchev–Trinajstić information content (AvgIpc) is 2.51. The van der Waals surface area contributed by atoms with Gasteiger partial charge in [0.15, 0.2) is 0 Å². The molecule has 0 N–H and O–H groups in total. The molecule has 1 aromatic carbocycles. The Balaban J connectivity index is 2.48. The van der Waals surface area contributed by atoms with Gasteiger partial charge in [-0.3, -0.25) is 0 Å². The zero-order chi connectivity index (χ0) is 9.26. The molecule has 13 heavy (non-hydrogen) atoms.